The second kappa shape index (κ2) is 5.99. The molecule has 0 aliphatic carbocycles. The molecular formula is C18H26O2. The van der Waals surface area contributed by atoms with E-state index in [0.717, 1.165) is 37.2 Å². The van der Waals surface area contributed by atoms with Crippen molar-refractivity contribution in [3.63, 3.8) is 0 Å². The van der Waals surface area contributed by atoms with E-state index in [0.29, 0.717) is 12.3 Å². The molecule has 0 aromatic heterocycles. The fourth-order valence-corrected chi connectivity index (χ4v) is 3.09. The summed E-state index contributed by atoms with van der Waals surface area (Å²) in [4.78, 5) is 12.4. The quantitative estimate of drug-likeness (QED) is 0.747. The number of ether oxygens (including phenoxy) is 1. The number of carbonyl (C=O) groups excluding carboxylic acids is 1. The largest absolute Gasteiger partial charge is 0.493 e. The van der Waals surface area contributed by atoms with Gasteiger partial charge in [-0.1, -0.05) is 27.7 Å². The maximum absolute atomic E-state index is 12.4. The fourth-order valence-electron chi connectivity index (χ4n) is 3.09. The van der Waals surface area contributed by atoms with E-state index < -0.39 is 0 Å². The van der Waals surface area contributed by atoms with Crippen LogP contribution in [0.1, 0.15) is 62.9 Å². The number of rotatable bonds is 4. The van der Waals surface area contributed by atoms with E-state index in [2.05, 4.69) is 27.7 Å². The van der Waals surface area contributed by atoms with Crippen LogP contribution in [0.5, 0.6) is 5.75 Å². The molecule has 2 nitrogen and oxygen atoms in total. The number of ketones is 1. The maximum Gasteiger partial charge on any atom is 0.163 e. The van der Waals surface area contributed by atoms with E-state index in [1.165, 1.54) is 5.56 Å². The molecule has 0 saturated heterocycles. The predicted octanol–water partition coefficient (Wildman–Crippen LogP) is 4.66. The maximum atomic E-state index is 12.4. The lowest BCUT2D eigenvalue weighted by Crippen LogP contribution is -2.15. The van der Waals surface area contributed by atoms with Crippen LogP contribution in [0.15, 0.2) is 18.2 Å². The van der Waals surface area contributed by atoms with Gasteiger partial charge in [0.25, 0.3) is 0 Å². The lowest BCUT2D eigenvalue weighted by molar-refractivity contribution is 0.0954. The highest BCUT2D eigenvalue weighted by molar-refractivity contribution is 5.96. The van der Waals surface area contributed by atoms with Crippen molar-refractivity contribution < 1.29 is 9.53 Å². The summed E-state index contributed by atoms with van der Waals surface area (Å²) in [6.45, 7) is 9.65. The zero-order valence-corrected chi connectivity index (χ0v) is 13.2. The first kappa shape index (κ1) is 15.1. The Morgan fingerprint density at radius 2 is 2.10 bits per heavy atom. The van der Waals surface area contributed by atoms with Gasteiger partial charge in [-0.3, -0.25) is 4.79 Å². The van der Waals surface area contributed by atoms with Crippen molar-refractivity contribution in [1.29, 1.82) is 0 Å². The lowest BCUT2D eigenvalue weighted by Gasteiger charge is -2.23. The highest BCUT2D eigenvalue weighted by atomic mass is 16.5. The summed E-state index contributed by atoms with van der Waals surface area (Å²) in [6, 6.07) is 5.90. The van der Waals surface area contributed by atoms with Crippen molar-refractivity contribution >= 4 is 5.78 Å². The van der Waals surface area contributed by atoms with Crippen LogP contribution in [0.2, 0.25) is 0 Å². The van der Waals surface area contributed by atoms with Gasteiger partial charge >= 0.3 is 0 Å². The average Bonchev–Trinajstić information content (AvgIpc) is 2.35. The van der Waals surface area contributed by atoms with Crippen molar-refractivity contribution in [3.8, 4) is 5.75 Å². The fraction of sp³-hybridized carbons (Fsp3) is 0.611. The predicted molar refractivity (Wildman–Crippen MR) is 82.4 cm³/mol. The number of hydrogen-bond acceptors (Lipinski definition) is 2. The van der Waals surface area contributed by atoms with E-state index in [1.807, 2.05) is 18.2 Å². The minimum atomic E-state index is 0.259. The molecule has 0 saturated carbocycles. The van der Waals surface area contributed by atoms with Gasteiger partial charge in [-0.2, -0.15) is 0 Å². The molecule has 0 fully saturated rings. The standard InChI is InChI=1S/C18H26O2/c1-13(12-18(2,3)4)10-16(19)14-7-8-17-15(11-14)6-5-9-20-17/h7-8,11,13H,5-6,9-10,12H2,1-4H3. The first-order chi connectivity index (χ1) is 9.35. The number of aryl methyl sites for hydroxylation is 1. The Morgan fingerprint density at radius 3 is 2.80 bits per heavy atom. The Kier molecular flexibility index (Phi) is 4.52. The van der Waals surface area contributed by atoms with Gasteiger partial charge in [0.2, 0.25) is 0 Å². The van der Waals surface area contributed by atoms with Crippen LogP contribution in [-0.2, 0) is 6.42 Å². The van der Waals surface area contributed by atoms with E-state index >= 15 is 0 Å². The first-order valence-corrected chi connectivity index (χ1v) is 7.64. The molecule has 0 N–H and O–H groups in total. The van der Waals surface area contributed by atoms with Gasteiger partial charge < -0.3 is 4.74 Å². The number of carbonyl (C=O) groups is 1. The molecular weight excluding hydrogens is 248 g/mol. The third-order valence-corrected chi connectivity index (χ3v) is 3.73. The Balaban J connectivity index is 2.02. The van der Waals surface area contributed by atoms with Crippen LogP contribution in [0, 0.1) is 11.3 Å². The molecule has 110 valence electrons. The minimum Gasteiger partial charge on any atom is -0.493 e. The summed E-state index contributed by atoms with van der Waals surface area (Å²) in [5, 5.41) is 0. The third-order valence-electron chi connectivity index (χ3n) is 3.73. The van der Waals surface area contributed by atoms with Crippen LogP contribution in [0.4, 0.5) is 0 Å². The minimum absolute atomic E-state index is 0.259. The first-order valence-electron chi connectivity index (χ1n) is 7.64. The molecule has 1 atom stereocenters. The topological polar surface area (TPSA) is 26.3 Å². The summed E-state index contributed by atoms with van der Waals surface area (Å²) in [7, 11) is 0. The SMILES string of the molecule is CC(CC(=O)c1ccc2c(c1)CCCO2)CC(C)(C)C. The van der Waals surface area contributed by atoms with Gasteiger partial charge in [-0.05, 0) is 54.4 Å². The molecule has 1 aromatic rings. The second-order valence-electron chi connectivity index (χ2n) is 7.27. The lowest BCUT2D eigenvalue weighted by atomic mass is 9.83. The van der Waals surface area contributed by atoms with Crippen molar-refractivity contribution in [1.82, 2.24) is 0 Å². The van der Waals surface area contributed by atoms with Gasteiger partial charge in [-0.25, -0.2) is 0 Å². The number of Topliss-reactive ketones (excluding diaryl/α,β-unsaturated/α-hetero) is 1. The second-order valence-corrected chi connectivity index (χ2v) is 7.27. The summed E-state index contributed by atoms with van der Waals surface area (Å²) < 4.78 is 5.59. The van der Waals surface area contributed by atoms with Crippen molar-refractivity contribution in [2.24, 2.45) is 11.3 Å². The van der Waals surface area contributed by atoms with E-state index in [9.17, 15) is 4.79 Å². The molecule has 1 heterocycles. The molecule has 1 unspecified atom stereocenters. The molecule has 0 amide bonds. The van der Waals surface area contributed by atoms with E-state index in [1.54, 1.807) is 0 Å². The number of hydrogen-bond donors (Lipinski definition) is 0. The molecule has 0 bridgehead atoms. The number of benzene rings is 1. The summed E-state index contributed by atoms with van der Waals surface area (Å²) in [5.41, 5.74) is 2.31. The van der Waals surface area contributed by atoms with Crippen molar-refractivity contribution in [2.75, 3.05) is 6.61 Å². The molecule has 2 heteroatoms. The third kappa shape index (κ3) is 4.09. The van der Waals surface area contributed by atoms with Gasteiger partial charge in [0.15, 0.2) is 5.78 Å². The van der Waals surface area contributed by atoms with Crippen LogP contribution < -0.4 is 4.74 Å². The zero-order chi connectivity index (χ0) is 14.8. The Labute approximate surface area is 122 Å². The molecule has 1 aromatic carbocycles. The molecule has 0 spiro atoms. The normalized spacial score (nSPS) is 16.2. The van der Waals surface area contributed by atoms with Crippen molar-refractivity contribution in [2.45, 2.75) is 53.4 Å². The van der Waals surface area contributed by atoms with Crippen LogP contribution in [0.25, 0.3) is 0 Å². The van der Waals surface area contributed by atoms with Crippen LogP contribution in [0.3, 0.4) is 0 Å². The Hall–Kier alpha value is -1.31. The molecule has 20 heavy (non-hydrogen) atoms. The molecule has 1 aliphatic heterocycles. The van der Waals surface area contributed by atoms with Gasteiger partial charge in [-0.15, -0.1) is 0 Å². The van der Waals surface area contributed by atoms with Crippen LogP contribution in [-0.4, -0.2) is 12.4 Å². The van der Waals surface area contributed by atoms with Crippen LogP contribution >= 0.6 is 0 Å². The molecule has 1 aliphatic rings. The monoisotopic (exact) mass is 274 g/mol. The summed E-state index contributed by atoms with van der Waals surface area (Å²) in [5.74, 6) is 1.64. The average molecular weight is 274 g/mol. The highest BCUT2D eigenvalue weighted by Gasteiger charge is 2.19. The van der Waals surface area contributed by atoms with E-state index in [-0.39, 0.29) is 11.2 Å². The van der Waals surface area contributed by atoms with E-state index in [4.69, 9.17) is 4.74 Å². The van der Waals surface area contributed by atoms with Gasteiger partial charge in [0.05, 0.1) is 6.61 Å². The Morgan fingerprint density at radius 1 is 1.35 bits per heavy atom. The number of fused-ring (bicyclic) bond motifs is 1. The van der Waals surface area contributed by atoms with Crippen molar-refractivity contribution in [3.05, 3.63) is 29.3 Å². The molecule has 2 rings (SSSR count). The summed E-state index contributed by atoms with van der Waals surface area (Å²) in [6.07, 6.45) is 3.78. The summed E-state index contributed by atoms with van der Waals surface area (Å²) >= 11 is 0. The Bertz CT molecular complexity index is 483. The zero-order valence-electron chi connectivity index (χ0n) is 13.2. The molecule has 0 radical (unpaired) electrons. The highest BCUT2D eigenvalue weighted by Crippen LogP contribution is 2.29. The van der Waals surface area contributed by atoms with Gasteiger partial charge in [0, 0.05) is 12.0 Å². The smallest absolute Gasteiger partial charge is 0.163 e. The van der Waals surface area contributed by atoms with Gasteiger partial charge in [0.1, 0.15) is 5.75 Å².